The zero-order chi connectivity index (χ0) is 18.6. The van der Waals surface area contributed by atoms with E-state index in [1.807, 2.05) is 0 Å². The first-order chi connectivity index (χ1) is 10.9. The summed E-state index contributed by atoms with van der Waals surface area (Å²) in [6.45, 7) is 2.77. The minimum Gasteiger partial charge on any atom is -0.451 e. The Balaban J connectivity index is 3.20. The van der Waals surface area contributed by atoms with Crippen LogP contribution in [0.5, 0.6) is 5.75 Å². The molecule has 4 nitrogen and oxygen atoms in total. The quantitative estimate of drug-likeness (QED) is 0.631. The minimum absolute atomic E-state index is 0.281. The largest absolute Gasteiger partial charge is 0.458 e. The summed E-state index contributed by atoms with van der Waals surface area (Å²) < 4.78 is 87.7. The first-order valence-electron chi connectivity index (χ1n) is 6.71. The summed E-state index contributed by atoms with van der Waals surface area (Å²) >= 11 is 0. The van der Waals surface area contributed by atoms with Crippen molar-refractivity contribution in [2.75, 3.05) is 6.61 Å². The van der Waals surface area contributed by atoms with Crippen LogP contribution in [0.4, 0.5) is 31.1 Å². The van der Waals surface area contributed by atoms with Crippen molar-refractivity contribution in [1.29, 1.82) is 0 Å². The van der Waals surface area contributed by atoms with Crippen LogP contribution in [0.25, 0.3) is 0 Å². The van der Waals surface area contributed by atoms with E-state index in [1.165, 1.54) is 18.2 Å². The molecule has 0 heterocycles. The lowest BCUT2D eigenvalue weighted by molar-refractivity contribution is -0.365. The molecule has 10 heteroatoms. The van der Waals surface area contributed by atoms with Crippen molar-refractivity contribution in [2.24, 2.45) is 5.92 Å². The van der Waals surface area contributed by atoms with Crippen LogP contribution in [-0.4, -0.2) is 30.8 Å². The highest BCUT2D eigenvalue weighted by Crippen LogP contribution is 2.44. The van der Waals surface area contributed by atoms with Gasteiger partial charge in [0.1, 0.15) is 5.75 Å². The van der Waals surface area contributed by atoms with Gasteiger partial charge in [-0.15, -0.1) is 0 Å². The highest BCUT2D eigenvalue weighted by atomic mass is 19.4. The number of nitrogens with one attached hydrogen (secondary N) is 1. The first-order valence-corrected chi connectivity index (χ1v) is 6.71. The maximum atomic E-state index is 13.2. The maximum absolute atomic E-state index is 13.2. The van der Waals surface area contributed by atoms with Crippen molar-refractivity contribution in [3.8, 4) is 5.75 Å². The molecule has 0 bridgehead atoms. The third kappa shape index (κ3) is 4.68. The molecule has 0 unspecified atom stereocenters. The molecule has 1 aromatic rings. The Labute approximate surface area is 133 Å². The van der Waals surface area contributed by atoms with E-state index in [0.29, 0.717) is 0 Å². The minimum atomic E-state index is -5.99. The highest BCUT2D eigenvalue weighted by Gasteiger charge is 2.75. The van der Waals surface area contributed by atoms with Crippen LogP contribution >= 0.6 is 0 Å². The number of amides is 1. The number of alkyl halides is 6. The number of carbonyl (C=O) groups excluding carboxylic acids is 1. The fourth-order valence-corrected chi connectivity index (χ4v) is 1.53. The van der Waals surface area contributed by atoms with E-state index in [9.17, 15) is 31.1 Å². The van der Waals surface area contributed by atoms with Gasteiger partial charge in [-0.2, -0.15) is 26.3 Å². The van der Waals surface area contributed by atoms with Gasteiger partial charge in [0.25, 0.3) is 0 Å². The molecule has 1 rings (SSSR count). The molecule has 0 saturated heterocycles. The SMILES string of the molecule is CC(C)COC(=O)NC(Oc1ccccc1)(C(F)(F)F)C(F)(F)F. The van der Waals surface area contributed by atoms with Crippen molar-refractivity contribution in [2.45, 2.75) is 31.9 Å². The van der Waals surface area contributed by atoms with Crippen molar-refractivity contribution in [1.82, 2.24) is 5.32 Å². The number of benzene rings is 1. The Kier molecular flexibility index (Phi) is 5.96. The molecular formula is C14H15F6NO3. The van der Waals surface area contributed by atoms with Gasteiger partial charge in [0, 0.05) is 0 Å². The molecule has 0 radical (unpaired) electrons. The topological polar surface area (TPSA) is 47.6 Å². The Hall–Kier alpha value is -2.13. The van der Waals surface area contributed by atoms with Crippen molar-refractivity contribution >= 4 is 6.09 Å². The Morgan fingerprint density at radius 2 is 1.54 bits per heavy atom. The van der Waals surface area contributed by atoms with Gasteiger partial charge in [0.15, 0.2) is 0 Å². The Morgan fingerprint density at radius 1 is 1.04 bits per heavy atom. The van der Waals surface area contributed by atoms with Gasteiger partial charge in [-0.3, -0.25) is 5.32 Å². The van der Waals surface area contributed by atoms with Gasteiger partial charge in [0.05, 0.1) is 6.61 Å². The third-order valence-corrected chi connectivity index (χ3v) is 2.64. The molecule has 136 valence electrons. The molecule has 0 atom stereocenters. The van der Waals surface area contributed by atoms with E-state index in [1.54, 1.807) is 13.8 Å². The fourth-order valence-electron chi connectivity index (χ4n) is 1.53. The third-order valence-electron chi connectivity index (χ3n) is 2.64. The van der Waals surface area contributed by atoms with Crippen LogP contribution in [0.1, 0.15) is 13.8 Å². The van der Waals surface area contributed by atoms with Crippen molar-refractivity contribution in [3.63, 3.8) is 0 Å². The molecule has 0 aliphatic rings. The summed E-state index contributed by atoms with van der Waals surface area (Å²) in [6, 6.07) is 5.54. The number of halogens is 6. The van der Waals surface area contributed by atoms with E-state index in [2.05, 4.69) is 9.47 Å². The zero-order valence-electron chi connectivity index (χ0n) is 12.7. The van der Waals surface area contributed by atoms with Crippen molar-refractivity contribution < 1.29 is 40.6 Å². The number of alkyl carbamates (subject to hydrolysis) is 1. The molecule has 0 aromatic heterocycles. The Morgan fingerprint density at radius 3 is 1.96 bits per heavy atom. The second kappa shape index (κ2) is 7.18. The van der Waals surface area contributed by atoms with Crippen LogP contribution < -0.4 is 10.1 Å². The first kappa shape index (κ1) is 19.9. The van der Waals surface area contributed by atoms with E-state index in [0.717, 1.165) is 17.4 Å². The number of ether oxygens (including phenoxy) is 2. The second-order valence-corrected chi connectivity index (χ2v) is 5.21. The molecule has 1 N–H and O–H groups in total. The van der Waals surface area contributed by atoms with Gasteiger partial charge in [-0.05, 0) is 18.1 Å². The molecule has 0 saturated carbocycles. The number of carbonyl (C=O) groups is 1. The second-order valence-electron chi connectivity index (χ2n) is 5.21. The van der Waals surface area contributed by atoms with E-state index >= 15 is 0 Å². The molecule has 0 spiro atoms. The predicted molar refractivity (Wildman–Crippen MR) is 71.2 cm³/mol. The lowest BCUT2D eigenvalue weighted by Crippen LogP contribution is -2.71. The maximum Gasteiger partial charge on any atom is 0.458 e. The monoisotopic (exact) mass is 359 g/mol. The molecule has 0 aliphatic carbocycles. The molecular weight excluding hydrogens is 344 g/mol. The molecule has 0 aliphatic heterocycles. The smallest absolute Gasteiger partial charge is 0.451 e. The summed E-state index contributed by atoms with van der Waals surface area (Å²) in [5.41, 5.74) is -4.94. The summed E-state index contributed by atoms with van der Waals surface area (Å²) in [7, 11) is 0. The van der Waals surface area contributed by atoms with Crippen LogP contribution in [0.15, 0.2) is 30.3 Å². The van der Waals surface area contributed by atoms with Crippen molar-refractivity contribution in [3.05, 3.63) is 30.3 Å². The number of rotatable bonds is 5. The van der Waals surface area contributed by atoms with Gasteiger partial charge in [-0.1, -0.05) is 32.0 Å². The standard InChI is InChI=1S/C14H15F6NO3/c1-9(2)8-23-11(22)21-12(13(15,16)17,14(18,19)20)24-10-6-4-3-5-7-10/h3-7,9H,8H2,1-2H3,(H,21,22). The Bertz CT molecular complexity index is 528. The predicted octanol–water partition coefficient (Wildman–Crippen LogP) is 4.27. The number of hydrogen-bond donors (Lipinski definition) is 1. The van der Waals surface area contributed by atoms with Gasteiger partial charge < -0.3 is 9.47 Å². The van der Waals surface area contributed by atoms with E-state index in [-0.39, 0.29) is 12.5 Å². The normalized spacial score (nSPS) is 12.9. The van der Waals surface area contributed by atoms with Gasteiger partial charge in [0.2, 0.25) is 0 Å². The molecule has 24 heavy (non-hydrogen) atoms. The van der Waals surface area contributed by atoms with Crippen LogP contribution in [-0.2, 0) is 4.74 Å². The fraction of sp³-hybridized carbons (Fsp3) is 0.500. The number of hydrogen-bond acceptors (Lipinski definition) is 3. The summed E-state index contributed by atoms with van der Waals surface area (Å²) in [5, 5.41) is 0.781. The summed E-state index contributed by atoms with van der Waals surface area (Å²) in [4.78, 5) is 11.4. The van der Waals surface area contributed by atoms with Crippen LogP contribution in [0.3, 0.4) is 0 Å². The molecule has 0 fully saturated rings. The van der Waals surface area contributed by atoms with Crippen LogP contribution in [0.2, 0.25) is 0 Å². The lowest BCUT2D eigenvalue weighted by Gasteiger charge is -2.37. The summed E-state index contributed by atoms with van der Waals surface area (Å²) in [6.07, 6.45) is -13.9. The highest BCUT2D eigenvalue weighted by molar-refractivity contribution is 5.68. The van der Waals surface area contributed by atoms with Crippen LogP contribution in [0, 0.1) is 5.92 Å². The van der Waals surface area contributed by atoms with Gasteiger partial charge in [-0.25, -0.2) is 4.79 Å². The number of para-hydroxylation sites is 1. The lowest BCUT2D eigenvalue weighted by atomic mass is 10.2. The zero-order valence-corrected chi connectivity index (χ0v) is 12.7. The summed E-state index contributed by atoms with van der Waals surface area (Å²) in [5.74, 6) is -1.01. The molecule has 1 amide bonds. The van der Waals surface area contributed by atoms with Gasteiger partial charge >= 0.3 is 24.2 Å². The average Bonchev–Trinajstić information content (AvgIpc) is 2.43. The molecule has 1 aromatic carbocycles. The average molecular weight is 359 g/mol. The van der Waals surface area contributed by atoms with E-state index < -0.39 is 29.9 Å². The van der Waals surface area contributed by atoms with E-state index in [4.69, 9.17) is 0 Å².